The first-order valence-corrected chi connectivity index (χ1v) is 7.99. The Bertz CT molecular complexity index is 775. The number of rotatable bonds is 4. The highest BCUT2D eigenvalue weighted by atomic mass is 32.2. The Balaban J connectivity index is 2.44. The zero-order chi connectivity index (χ0) is 15.6. The van der Waals surface area contributed by atoms with Crippen LogP contribution in [0.25, 0.3) is 0 Å². The molecule has 1 N–H and O–H groups in total. The summed E-state index contributed by atoms with van der Waals surface area (Å²) in [5.74, 6) is -0.167. The molecule has 0 radical (unpaired) electrons. The lowest BCUT2D eigenvalue weighted by Crippen LogP contribution is -2.15. The van der Waals surface area contributed by atoms with Crippen molar-refractivity contribution in [3.63, 3.8) is 0 Å². The highest BCUT2D eigenvalue weighted by Crippen LogP contribution is 2.23. The van der Waals surface area contributed by atoms with Crippen LogP contribution in [0, 0.1) is 13.8 Å². The second-order valence-electron chi connectivity index (χ2n) is 4.96. The van der Waals surface area contributed by atoms with Crippen LogP contribution in [0.1, 0.15) is 28.4 Å². The van der Waals surface area contributed by atoms with Crippen LogP contribution in [-0.2, 0) is 10.0 Å². The zero-order valence-corrected chi connectivity index (χ0v) is 13.0. The number of hydrogen-bond acceptors (Lipinski definition) is 3. The van der Waals surface area contributed by atoms with Crippen LogP contribution in [0.5, 0.6) is 0 Å². The van der Waals surface area contributed by atoms with Gasteiger partial charge < -0.3 is 0 Å². The van der Waals surface area contributed by atoms with Crippen LogP contribution in [0.3, 0.4) is 0 Å². The van der Waals surface area contributed by atoms with Crippen LogP contribution < -0.4 is 4.72 Å². The number of sulfonamides is 1. The molecule has 0 aliphatic heterocycles. The highest BCUT2D eigenvalue weighted by Gasteiger charge is 2.17. The molecular formula is C16H17NO3S. The second kappa shape index (κ2) is 5.69. The van der Waals surface area contributed by atoms with E-state index in [0.717, 1.165) is 11.1 Å². The molecule has 0 unspecified atom stereocenters. The predicted octanol–water partition coefficient (Wildman–Crippen LogP) is 3.31. The summed E-state index contributed by atoms with van der Waals surface area (Å²) in [7, 11) is -3.72. The largest absolute Gasteiger partial charge is 0.295 e. The van der Waals surface area contributed by atoms with Crippen molar-refractivity contribution in [2.24, 2.45) is 0 Å². The van der Waals surface area contributed by atoms with Gasteiger partial charge in [0, 0.05) is 5.56 Å². The van der Waals surface area contributed by atoms with Crippen molar-refractivity contribution >= 4 is 21.5 Å². The monoisotopic (exact) mass is 303 g/mol. The van der Waals surface area contributed by atoms with Crippen molar-refractivity contribution < 1.29 is 13.2 Å². The Labute approximate surface area is 124 Å². The van der Waals surface area contributed by atoms with Gasteiger partial charge in [-0.15, -0.1) is 0 Å². The van der Waals surface area contributed by atoms with E-state index in [4.69, 9.17) is 0 Å². The molecule has 0 aromatic heterocycles. The van der Waals surface area contributed by atoms with E-state index in [1.807, 2.05) is 32.0 Å². The SMILES string of the molecule is CC(=O)c1cccc(S(=O)(=O)Nc2c(C)cccc2C)c1. The van der Waals surface area contributed by atoms with Gasteiger partial charge in [0.25, 0.3) is 10.0 Å². The van der Waals surface area contributed by atoms with Crippen LogP contribution in [-0.4, -0.2) is 14.2 Å². The molecule has 0 aliphatic rings. The quantitative estimate of drug-likeness (QED) is 0.881. The van der Waals surface area contributed by atoms with Gasteiger partial charge in [-0.1, -0.05) is 30.3 Å². The van der Waals surface area contributed by atoms with Crippen molar-refractivity contribution in [1.29, 1.82) is 0 Å². The average Bonchev–Trinajstić information content (AvgIpc) is 2.43. The molecule has 21 heavy (non-hydrogen) atoms. The summed E-state index contributed by atoms with van der Waals surface area (Å²) >= 11 is 0. The third kappa shape index (κ3) is 3.31. The zero-order valence-electron chi connectivity index (χ0n) is 12.2. The van der Waals surface area contributed by atoms with Crippen molar-refractivity contribution in [1.82, 2.24) is 0 Å². The summed E-state index contributed by atoms with van der Waals surface area (Å²) in [6.07, 6.45) is 0. The fourth-order valence-electron chi connectivity index (χ4n) is 2.05. The molecule has 0 bridgehead atoms. The summed E-state index contributed by atoms with van der Waals surface area (Å²) in [6.45, 7) is 5.10. The summed E-state index contributed by atoms with van der Waals surface area (Å²) in [4.78, 5) is 11.5. The van der Waals surface area contributed by atoms with Crippen molar-refractivity contribution in [2.75, 3.05) is 4.72 Å². The van der Waals surface area contributed by atoms with Crippen LogP contribution in [0.15, 0.2) is 47.4 Å². The Morgan fingerprint density at radius 2 is 1.57 bits per heavy atom. The molecule has 0 saturated heterocycles. The number of benzene rings is 2. The van der Waals surface area contributed by atoms with Gasteiger partial charge in [-0.05, 0) is 44.0 Å². The van der Waals surface area contributed by atoms with E-state index in [1.54, 1.807) is 12.1 Å². The van der Waals surface area contributed by atoms with E-state index in [-0.39, 0.29) is 10.7 Å². The lowest BCUT2D eigenvalue weighted by molar-refractivity contribution is 0.101. The van der Waals surface area contributed by atoms with Gasteiger partial charge >= 0.3 is 0 Å². The van der Waals surface area contributed by atoms with Crippen molar-refractivity contribution in [3.8, 4) is 0 Å². The van der Waals surface area contributed by atoms with Gasteiger partial charge in [-0.25, -0.2) is 8.42 Å². The number of nitrogens with one attached hydrogen (secondary N) is 1. The number of carbonyl (C=O) groups is 1. The first-order valence-electron chi connectivity index (χ1n) is 6.51. The minimum atomic E-state index is -3.72. The van der Waals surface area contributed by atoms with E-state index in [2.05, 4.69) is 4.72 Å². The molecule has 2 rings (SSSR count). The molecule has 0 fully saturated rings. The maximum Gasteiger partial charge on any atom is 0.261 e. The summed E-state index contributed by atoms with van der Waals surface area (Å²) < 4.78 is 27.5. The van der Waals surface area contributed by atoms with Crippen LogP contribution in [0.2, 0.25) is 0 Å². The van der Waals surface area contributed by atoms with E-state index >= 15 is 0 Å². The molecule has 0 saturated carbocycles. The fourth-order valence-corrected chi connectivity index (χ4v) is 3.30. The van der Waals surface area contributed by atoms with E-state index in [1.165, 1.54) is 19.1 Å². The Morgan fingerprint density at radius 3 is 2.14 bits per heavy atom. The predicted molar refractivity (Wildman–Crippen MR) is 83.2 cm³/mol. The molecule has 5 heteroatoms. The molecule has 0 atom stereocenters. The summed E-state index contributed by atoms with van der Waals surface area (Å²) in [5, 5.41) is 0. The normalized spacial score (nSPS) is 11.2. The summed E-state index contributed by atoms with van der Waals surface area (Å²) in [5.41, 5.74) is 2.65. The maximum atomic E-state index is 12.5. The van der Waals surface area contributed by atoms with Crippen molar-refractivity contribution in [3.05, 3.63) is 59.2 Å². The molecule has 2 aromatic carbocycles. The van der Waals surface area contributed by atoms with Gasteiger partial charge in [0.15, 0.2) is 5.78 Å². The highest BCUT2D eigenvalue weighted by molar-refractivity contribution is 7.92. The number of aryl methyl sites for hydroxylation is 2. The standard InChI is InChI=1S/C16H17NO3S/c1-11-6-4-7-12(2)16(11)17-21(19,20)15-9-5-8-14(10-15)13(3)18/h4-10,17H,1-3H3. The minimum Gasteiger partial charge on any atom is -0.295 e. The molecule has 2 aromatic rings. The molecular weight excluding hydrogens is 286 g/mol. The molecule has 0 spiro atoms. The topological polar surface area (TPSA) is 63.2 Å². The minimum absolute atomic E-state index is 0.0813. The first kappa shape index (κ1) is 15.3. The van der Waals surface area contributed by atoms with Gasteiger partial charge in [-0.3, -0.25) is 9.52 Å². The lowest BCUT2D eigenvalue weighted by atomic mass is 10.1. The number of carbonyl (C=O) groups excluding carboxylic acids is 1. The van der Waals surface area contributed by atoms with E-state index < -0.39 is 10.0 Å². The average molecular weight is 303 g/mol. The van der Waals surface area contributed by atoms with E-state index in [9.17, 15) is 13.2 Å². The molecule has 0 aliphatic carbocycles. The van der Waals surface area contributed by atoms with Crippen LogP contribution >= 0.6 is 0 Å². The Morgan fingerprint density at radius 1 is 1.00 bits per heavy atom. The number of para-hydroxylation sites is 1. The summed E-state index contributed by atoms with van der Waals surface area (Å²) in [6, 6.07) is 11.6. The maximum absolute atomic E-state index is 12.5. The van der Waals surface area contributed by atoms with Gasteiger partial charge in [0.05, 0.1) is 10.6 Å². The molecule has 0 amide bonds. The molecule has 4 nitrogen and oxygen atoms in total. The number of anilines is 1. The molecule has 0 heterocycles. The molecule has 110 valence electrons. The lowest BCUT2D eigenvalue weighted by Gasteiger charge is -2.13. The number of ketones is 1. The third-order valence-electron chi connectivity index (χ3n) is 3.27. The number of hydrogen-bond donors (Lipinski definition) is 1. The van der Waals surface area contributed by atoms with Gasteiger partial charge in [0.2, 0.25) is 0 Å². The first-order chi connectivity index (χ1) is 9.81. The van der Waals surface area contributed by atoms with Crippen molar-refractivity contribution in [2.45, 2.75) is 25.7 Å². The van der Waals surface area contributed by atoms with Crippen LogP contribution in [0.4, 0.5) is 5.69 Å². The fraction of sp³-hybridized carbons (Fsp3) is 0.188. The smallest absolute Gasteiger partial charge is 0.261 e. The second-order valence-corrected chi connectivity index (χ2v) is 6.64. The van der Waals surface area contributed by atoms with Gasteiger partial charge in [0.1, 0.15) is 0 Å². The van der Waals surface area contributed by atoms with E-state index in [0.29, 0.717) is 11.3 Å². The Kier molecular flexibility index (Phi) is 4.14. The third-order valence-corrected chi connectivity index (χ3v) is 4.62. The number of Topliss-reactive ketones (excluding diaryl/α,β-unsaturated/α-hetero) is 1. The van der Waals surface area contributed by atoms with Gasteiger partial charge in [-0.2, -0.15) is 0 Å². The Hall–Kier alpha value is -2.14.